The summed E-state index contributed by atoms with van der Waals surface area (Å²) in [5.74, 6) is 0.834. The zero-order chi connectivity index (χ0) is 12.4. The highest BCUT2D eigenvalue weighted by molar-refractivity contribution is 9.10. The van der Waals surface area contributed by atoms with Gasteiger partial charge in [-0.15, -0.1) is 0 Å². The molecule has 3 heterocycles. The van der Waals surface area contributed by atoms with Crippen LogP contribution in [0.25, 0.3) is 17.1 Å². The van der Waals surface area contributed by atoms with Gasteiger partial charge in [-0.05, 0) is 40.2 Å². The Morgan fingerprint density at radius 1 is 1.06 bits per heavy atom. The van der Waals surface area contributed by atoms with Crippen molar-refractivity contribution in [2.75, 3.05) is 0 Å². The van der Waals surface area contributed by atoms with E-state index in [4.69, 9.17) is 0 Å². The fourth-order valence-corrected chi connectivity index (χ4v) is 1.87. The van der Waals surface area contributed by atoms with Gasteiger partial charge in [0.05, 0.1) is 5.69 Å². The van der Waals surface area contributed by atoms with E-state index in [9.17, 15) is 0 Å². The van der Waals surface area contributed by atoms with Crippen molar-refractivity contribution in [1.29, 1.82) is 0 Å². The van der Waals surface area contributed by atoms with Gasteiger partial charge >= 0.3 is 0 Å². The van der Waals surface area contributed by atoms with E-state index < -0.39 is 0 Å². The molecule has 0 aliphatic heterocycles. The zero-order valence-electron chi connectivity index (χ0n) is 9.36. The second kappa shape index (κ2) is 4.70. The van der Waals surface area contributed by atoms with E-state index in [1.807, 2.05) is 35.0 Å². The minimum atomic E-state index is 0.834. The Balaban J connectivity index is 1.97. The quantitative estimate of drug-likeness (QED) is 0.730. The second-order valence-electron chi connectivity index (χ2n) is 3.74. The number of hydrogen-bond acceptors (Lipinski definition) is 3. The third-order valence-corrected chi connectivity index (χ3v) is 2.99. The third-order valence-electron chi connectivity index (χ3n) is 2.52. The van der Waals surface area contributed by atoms with Crippen molar-refractivity contribution in [3.63, 3.8) is 0 Å². The number of pyridine rings is 2. The SMILES string of the molecule is Brc1ccc(-n2cnc(-c3cccnc3)c2)nc1. The summed E-state index contributed by atoms with van der Waals surface area (Å²) in [5, 5.41) is 0. The van der Waals surface area contributed by atoms with E-state index in [1.165, 1.54) is 0 Å². The van der Waals surface area contributed by atoms with Crippen molar-refractivity contribution in [3.8, 4) is 17.1 Å². The molecule has 0 aliphatic carbocycles. The fraction of sp³-hybridized carbons (Fsp3) is 0. The molecule has 0 N–H and O–H groups in total. The van der Waals surface area contributed by atoms with Gasteiger partial charge in [0.1, 0.15) is 12.1 Å². The Hall–Kier alpha value is -2.01. The maximum Gasteiger partial charge on any atom is 0.137 e. The lowest BCUT2D eigenvalue weighted by molar-refractivity contribution is 0.991. The van der Waals surface area contributed by atoms with Crippen LogP contribution < -0.4 is 0 Å². The van der Waals surface area contributed by atoms with Crippen LogP contribution in [0.15, 0.2) is 59.9 Å². The van der Waals surface area contributed by atoms with Gasteiger partial charge in [-0.2, -0.15) is 0 Å². The standard InChI is InChI=1S/C13H9BrN4/c14-11-3-4-13(16-7-11)18-8-12(17-9-18)10-2-1-5-15-6-10/h1-9H. The summed E-state index contributed by atoms with van der Waals surface area (Å²) in [5.41, 5.74) is 1.88. The van der Waals surface area contributed by atoms with Crippen LogP contribution in [0.1, 0.15) is 0 Å². The molecule has 0 atom stereocenters. The first-order valence-electron chi connectivity index (χ1n) is 5.39. The Kier molecular flexibility index (Phi) is 2.90. The van der Waals surface area contributed by atoms with Crippen molar-refractivity contribution in [2.24, 2.45) is 0 Å². The molecule has 3 aromatic heterocycles. The van der Waals surface area contributed by atoms with Crippen LogP contribution in [-0.2, 0) is 0 Å². The monoisotopic (exact) mass is 300 g/mol. The van der Waals surface area contributed by atoms with Crippen molar-refractivity contribution >= 4 is 15.9 Å². The zero-order valence-corrected chi connectivity index (χ0v) is 10.9. The van der Waals surface area contributed by atoms with Crippen LogP contribution >= 0.6 is 15.9 Å². The van der Waals surface area contributed by atoms with Crippen LogP contribution in [-0.4, -0.2) is 19.5 Å². The third kappa shape index (κ3) is 2.17. The molecule has 88 valence electrons. The molecule has 4 nitrogen and oxygen atoms in total. The van der Waals surface area contributed by atoms with E-state index in [1.54, 1.807) is 24.9 Å². The van der Waals surface area contributed by atoms with Crippen LogP contribution in [0.3, 0.4) is 0 Å². The number of hydrogen-bond donors (Lipinski definition) is 0. The predicted molar refractivity (Wildman–Crippen MR) is 72.3 cm³/mol. The number of aromatic nitrogens is 4. The average molecular weight is 301 g/mol. The number of rotatable bonds is 2. The molecule has 0 saturated carbocycles. The van der Waals surface area contributed by atoms with Crippen molar-refractivity contribution in [3.05, 3.63) is 59.9 Å². The van der Waals surface area contributed by atoms with E-state index >= 15 is 0 Å². The molecule has 0 amide bonds. The molecule has 0 unspecified atom stereocenters. The summed E-state index contributed by atoms with van der Waals surface area (Å²) in [7, 11) is 0. The van der Waals surface area contributed by atoms with E-state index in [0.29, 0.717) is 0 Å². The van der Waals surface area contributed by atoms with Crippen LogP contribution in [0, 0.1) is 0 Å². The van der Waals surface area contributed by atoms with Gasteiger partial charge < -0.3 is 0 Å². The van der Waals surface area contributed by atoms with Crippen LogP contribution in [0.5, 0.6) is 0 Å². The molecular formula is C13H9BrN4. The van der Waals surface area contributed by atoms with Gasteiger partial charge in [0.2, 0.25) is 0 Å². The Morgan fingerprint density at radius 2 is 2.00 bits per heavy atom. The van der Waals surface area contributed by atoms with Crippen molar-refractivity contribution < 1.29 is 0 Å². The summed E-state index contributed by atoms with van der Waals surface area (Å²) >= 11 is 3.36. The van der Waals surface area contributed by atoms with Crippen LogP contribution in [0.2, 0.25) is 0 Å². The first-order chi connectivity index (χ1) is 8.83. The van der Waals surface area contributed by atoms with Gasteiger partial charge in [-0.25, -0.2) is 9.97 Å². The summed E-state index contributed by atoms with van der Waals surface area (Å²) in [6.07, 6.45) is 8.99. The minimum absolute atomic E-state index is 0.834. The number of imidazole rings is 1. The molecule has 0 radical (unpaired) electrons. The minimum Gasteiger partial charge on any atom is -0.290 e. The lowest BCUT2D eigenvalue weighted by atomic mass is 10.2. The van der Waals surface area contributed by atoms with Gasteiger partial charge in [0.15, 0.2) is 0 Å². The molecule has 0 bridgehead atoms. The Bertz CT molecular complexity index is 646. The summed E-state index contributed by atoms with van der Waals surface area (Å²) in [6, 6.07) is 7.76. The van der Waals surface area contributed by atoms with Gasteiger partial charge in [-0.3, -0.25) is 9.55 Å². The molecule has 0 fully saturated rings. The van der Waals surface area contributed by atoms with E-state index in [0.717, 1.165) is 21.5 Å². The molecule has 3 aromatic rings. The van der Waals surface area contributed by atoms with Crippen LogP contribution in [0.4, 0.5) is 0 Å². The molecular weight excluding hydrogens is 292 g/mol. The first kappa shape index (κ1) is 11.1. The summed E-state index contributed by atoms with van der Waals surface area (Å²) in [6.45, 7) is 0. The van der Waals surface area contributed by atoms with E-state index in [-0.39, 0.29) is 0 Å². The average Bonchev–Trinajstić information content (AvgIpc) is 2.90. The topological polar surface area (TPSA) is 43.6 Å². The lowest BCUT2D eigenvalue weighted by Crippen LogP contribution is -1.92. The molecule has 0 saturated heterocycles. The normalized spacial score (nSPS) is 10.5. The van der Waals surface area contributed by atoms with Gasteiger partial charge in [-0.1, -0.05) is 0 Å². The maximum absolute atomic E-state index is 4.36. The van der Waals surface area contributed by atoms with Crippen molar-refractivity contribution in [2.45, 2.75) is 0 Å². The largest absolute Gasteiger partial charge is 0.290 e. The number of nitrogens with zero attached hydrogens (tertiary/aromatic N) is 4. The molecule has 0 aliphatic rings. The molecule has 18 heavy (non-hydrogen) atoms. The van der Waals surface area contributed by atoms with E-state index in [2.05, 4.69) is 30.9 Å². The first-order valence-corrected chi connectivity index (χ1v) is 6.18. The smallest absolute Gasteiger partial charge is 0.137 e. The highest BCUT2D eigenvalue weighted by Crippen LogP contribution is 2.17. The fourth-order valence-electron chi connectivity index (χ4n) is 1.63. The molecule has 0 aromatic carbocycles. The summed E-state index contributed by atoms with van der Waals surface area (Å²) < 4.78 is 2.84. The molecule has 5 heteroatoms. The highest BCUT2D eigenvalue weighted by Gasteiger charge is 2.03. The van der Waals surface area contributed by atoms with Crippen molar-refractivity contribution in [1.82, 2.24) is 19.5 Å². The maximum atomic E-state index is 4.36. The molecule has 3 rings (SSSR count). The molecule has 0 spiro atoms. The lowest BCUT2D eigenvalue weighted by Gasteiger charge is -1.99. The van der Waals surface area contributed by atoms with Gasteiger partial charge in [0.25, 0.3) is 0 Å². The second-order valence-corrected chi connectivity index (χ2v) is 4.66. The highest BCUT2D eigenvalue weighted by atomic mass is 79.9. The number of halogens is 1. The summed E-state index contributed by atoms with van der Waals surface area (Å²) in [4.78, 5) is 12.8. The predicted octanol–water partition coefficient (Wildman–Crippen LogP) is 3.09. The Labute approximate surface area is 112 Å². The van der Waals surface area contributed by atoms with Gasteiger partial charge in [0, 0.05) is 34.8 Å². The Morgan fingerprint density at radius 3 is 2.72 bits per heavy atom.